The van der Waals surface area contributed by atoms with Crippen molar-refractivity contribution in [1.29, 1.82) is 0 Å². The van der Waals surface area contributed by atoms with Crippen LogP contribution in [0, 0.1) is 0 Å². The van der Waals surface area contributed by atoms with E-state index in [0.29, 0.717) is 0 Å². The summed E-state index contributed by atoms with van der Waals surface area (Å²) < 4.78 is 0. The Morgan fingerprint density at radius 3 is 2.32 bits per heavy atom. The molecule has 0 bridgehead atoms. The van der Waals surface area contributed by atoms with E-state index in [9.17, 15) is 0 Å². The van der Waals surface area contributed by atoms with Gasteiger partial charge in [-0.1, -0.05) is 54.6 Å². The van der Waals surface area contributed by atoms with E-state index in [1.54, 1.807) is 0 Å². The van der Waals surface area contributed by atoms with Gasteiger partial charge >= 0.3 is 0 Å². The smallest absolute Gasteiger partial charge is 0.0261 e. The first-order valence-corrected chi connectivity index (χ1v) is 6.92. The van der Waals surface area contributed by atoms with E-state index >= 15 is 0 Å². The van der Waals surface area contributed by atoms with Crippen LogP contribution >= 0.6 is 0 Å². The lowest BCUT2D eigenvalue weighted by Gasteiger charge is -2.27. The lowest BCUT2D eigenvalue weighted by Crippen LogP contribution is -2.39. The van der Waals surface area contributed by atoms with Gasteiger partial charge in [0, 0.05) is 32.7 Å². The van der Waals surface area contributed by atoms with Crippen LogP contribution in [0.3, 0.4) is 0 Å². The predicted molar refractivity (Wildman–Crippen MR) is 79.0 cm³/mol. The van der Waals surface area contributed by atoms with Crippen LogP contribution < -0.4 is 5.32 Å². The Hall–Kier alpha value is -1.64. The van der Waals surface area contributed by atoms with Crippen molar-refractivity contribution in [2.75, 3.05) is 26.2 Å². The molecule has 0 N–H and O–H groups in total. The number of nitrogens with zero attached hydrogens (tertiary/aromatic N) is 2. The summed E-state index contributed by atoms with van der Waals surface area (Å²) in [4.78, 5) is 2.49. The Morgan fingerprint density at radius 1 is 0.842 bits per heavy atom. The maximum Gasteiger partial charge on any atom is 0.0261 e. The second-order valence-corrected chi connectivity index (χ2v) is 4.97. The molecule has 1 aliphatic rings. The Labute approximate surface area is 115 Å². The molecule has 19 heavy (non-hydrogen) atoms. The summed E-state index contributed by atoms with van der Waals surface area (Å²) in [5.74, 6) is 0. The highest BCUT2D eigenvalue weighted by Crippen LogP contribution is 2.24. The highest BCUT2D eigenvalue weighted by atomic mass is 15.2. The Morgan fingerprint density at radius 2 is 1.53 bits per heavy atom. The van der Waals surface area contributed by atoms with Crippen molar-refractivity contribution in [3.8, 4) is 11.1 Å². The molecule has 0 aromatic heterocycles. The van der Waals surface area contributed by atoms with E-state index in [1.807, 2.05) is 0 Å². The third kappa shape index (κ3) is 3.03. The molecule has 0 amide bonds. The molecule has 0 atom stereocenters. The molecule has 1 fully saturated rings. The van der Waals surface area contributed by atoms with Gasteiger partial charge in [0.15, 0.2) is 0 Å². The summed E-state index contributed by atoms with van der Waals surface area (Å²) in [6.07, 6.45) is 0. The van der Waals surface area contributed by atoms with Crippen LogP contribution in [0.15, 0.2) is 54.6 Å². The molecule has 1 saturated heterocycles. The molecule has 2 aromatic carbocycles. The molecule has 0 spiro atoms. The summed E-state index contributed by atoms with van der Waals surface area (Å²) in [5.41, 5.74) is 4.07. The Kier molecular flexibility index (Phi) is 3.92. The van der Waals surface area contributed by atoms with E-state index in [1.165, 1.54) is 16.7 Å². The molecular weight excluding hydrogens is 232 g/mol. The molecule has 0 unspecified atom stereocenters. The van der Waals surface area contributed by atoms with Crippen molar-refractivity contribution < 1.29 is 0 Å². The van der Waals surface area contributed by atoms with E-state index in [0.717, 1.165) is 32.7 Å². The van der Waals surface area contributed by atoms with Gasteiger partial charge in [-0.05, 0) is 16.7 Å². The van der Waals surface area contributed by atoms with Gasteiger partial charge in [-0.25, -0.2) is 5.32 Å². The molecule has 0 saturated carbocycles. The molecule has 1 aliphatic heterocycles. The zero-order valence-electron chi connectivity index (χ0n) is 11.1. The van der Waals surface area contributed by atoms with Crippen molar-refractivity contribution in [3.05, 3.63) is 60.2 Å². The average Bonchev–Trinajstić information content (AvgIpc) is 2.50. The van der Waals surface area contributed by atoms with Gasteiger partial charge < -0.3 is 0 Å². The second-order valence-electron chi connectivity index (χ2n) is 4.97. The van der Waals surface area contributed by atoms with Gasteiger partial charge in [0.05, 0.1) is 0 Å². The number of hydrogen-bond acceptors (Lipinski definition) is 1. The van der Waals surface area contributed by atoms with Crippen LogP contribution in [-0.4, -0.2) is 31.1 Å². The van der Waals surface area contributed by atoms with Crippen molar-refractivity contribution >= 4 is 0 Å². The fourth-order valence-electron chi connectivity index (χ4n) is 2.60. The van der Waals surface area contributed by atoms with Gasteiger partial charge in [-0.2, -0.15) is 0 Å². The lowest BCUT2D eigenvalue weighted by atomic mass is 9.99. The number of benzene rings is 2. The highest BCUT2D eigenvalue weighted by molar-refractivity contribution is 5.67. The summed E-state index contributed by atoms with van der Waals surface area (Å²) >= 11 is 0. The zero-order chi connectivity index (χ0) is 12.9. The molecule has 2 aromatic rings. The minimum absolute atomic E-state index is 0.980. The van der Waals surface area contributed by atoms with Gasteiger partial charge in [0.2, 0.25) is 0 Å². The normalized spacial score (nSPS) is 16.4. The van der Waals surface area contributed by atoms with Gasteiger partial charge in [0.25, 0.3) is 0 Å². The van der Waals surface area contributed by atoms with E-state index < -0.39 is 0 Å². The van der Waals surface area contributed by atoms with Crippen molar-refractivity contribution in [2.24, 2.45) is 0 Å². The average molecular weight is 251 g/mol. The third-order valence-corrected chi connectivity index (χ3v) is 3.64. The number of rotatable bonds is 3. The molecule has 0 aliphatic carbocycles. The number of hydrogen-bond donors (Lipinski definition) is 0. The molecular formula is C17H19N2. The molecule has 3 rings (SSSR count). The van der Waals surface area contributed by atoms with Crippen LogP contribution in [-0.2, 0) is 6.54 Å². The fourth-order valence-corrected chi connectivity index (χ4v) is 2.60. The van der Waals surface area contributed by atoms with Crippen molar-refractivity contribution in [3.63, 3.8) is 0 Å². The first-order valence-electron chi connectivity index (χ1n) is 6.92. The highest BCUT2D eigenvalue weighted by Gasteiger charge is 2.12. The zero-order valence-corrected chi connectivity index (χ0v) is 11.1. The summed E-state index contributed by atoms with van der Waals surface area (Å²) in [5, 5.41) is 4.41. The van der Waals surface area contributed by atoms with E-state index in [2.05, 4.69) is 64.8 Å². The molecule has 97 valence electrons. The van der Waals surface area contributed by atoms with E-state index in [-0.39, 0.29) is 0 Å². The number of piperazine rings is 1. The predicted octanol–water partition coefficient (Wildman–Crippen LogP) is 2.77. The van der Waals surface area contributed by atoms with Crippen LogP contribution in [0.4, 0.5) is 0 Å². The quantitative estimate of drug-likeness (QED) is 0.820. The van der Waals surface area contributed by atoms with Crippen LogP contribution in [0.25, 0.3) is 11.1 Å². The molecule has 2 heteroatoms. The van der Waals surface area contributed by atoms with Crippen molar-refractivity contribution in [1.82, 2.24) is 10.2 Å². The molecule has 2 nitrogen and oxygen atoms in total. The topological polar surface area (TPSA) is 17.3 Å². The van der Waals surface area contributed by atoms with Crippen LogP contribution in [0.2, 0.25) is 0 Å². The fraction of sp³-hybridized carbons (Fsp3) is 0.294. The minimum atomic E-state index is 0.980. The standard InChI is InChI=1S/C17H19N2/c1-2-6-15(7-3-1)17-9-5-4-8-16(17)14-19-12-10-18-11-13-19/h1-9H,10-14H2. The van der Waals surface area contributed by atoms with Crippen LogP contribution in [0.5, 0.6) is 0 Å². The summed E-state index contributed by atoms with van der Waals surface area (Å²) in [6.45, 7) is 5.16. The largest absolute Gasteiger partial charge is 0.296 e. The molecule has 1 radical (unpaired) electrons. The maximum atomic E-state index is 4.41. The monoisotopic (exact) mass is 251 g/mol. The van der Waals surface area contributed by atoms with Crippen LogP contribution in [0.1, 0.15) is 5.56 Å². The van der Waals surface area contributed by atoms with E-state index in [4.69, 9.17) is 0 Å². The maximum absolute atomic E-state index is 4.41. The first-order chi connectivity index (χ1) is 9.43. The Balaban J connectivity index is 1.85. The SMILES string of the molecule is c1ccc(-c2ccccc2CN2CC[N]CC2)cc1. The second kappa shape index (κ2) is 6.00. The van der Waals surface area contributed by atoms with Crippen molar-refractivity contribution in [2.45, 2.75) is 6.54 Å². The summed E-state index contributed by atoms with van der Waals surface area (Å²) in [6, 6.07) is 19.4. The minimum Gasteiger partial charge on any atom is -0.296 e. The first kappa shape index (κ1) is 12.4. The third-order valence-electron chi connectivity index (χ3n) is 3.64. The van der Waals surface area contributed by atoms with Gasteiger partial charge in [-0.15, -0.1) is 0 Å². The van der Waals surface area contributed by atoms with Gasteiger partial charge in [0.1, 0.15) is 0 Å². The lowest BCUT2D eigenvalue weighted by molar-refractivity contribution is 0.231. The molecule has 1 heterocycles. The Bertz CT molecular complexity index is 516. The summed E-state index contributed by atoms with van der Waals surface area (Å²) in [7, 11) is 0. The van der Waals surface area contributed by atoms with Gasteiger partial charge in [-0.3, -0.25) is 4.90 Å².